The predicted octanol–water partition coefficient (Wildman–Crippen LogP) is 4.96. The summed E-state index contributed by atoms with van der Waals surface area (Å²) in [5.74, 6) is -0.884. The average Bonchev–Trinajstić information content (AvgIpc) is 3.10. The molecule has 2 aromatic rings. The number of hydrogen-bond donors (Lipinski definition) is 1. The molecular formula is C23H28ClF5N4O4S. The van der Waals surface area contributed by atoms with Gasteiger partial charge in [0.05, 0.1) is 21.5 Å². The molecular weight excluding hydrogens is 559 g/mol. The maximum absolute atomic E-state index is 13.1. The molecule has 1 N–H and O–H groups in total. The van der Waals surface area contributed by atoms with Gasteiger partial charge >= 0.3 is 12.8 Å². The quantitative estimate of drug-likeness (QED) is 0.395. The normalized spacial score (nSPS) is 18.6. The summed E-state index contributed by atoms with van der Waals surface area (Å²) in [6.45, 7) is -2.95. The number of carbonyl (C=O) groups is 1. The van der Waals surface area contributed by atoms with Crippen molar-refractivity contribution in [2.45, 2.75) is 63.0 Å². The SMILES string of the molecule is Cn1nc(C(=O)NCC2CCC(S(C)(=O)=O)CC2)c(Cl)c1-c1cnc(CCCC(F)(F)F)cc1OC(F)F. The van der Waals surface area contributed by atoms with Crippen LogP contribution in [0.3, 0.4) is 0 Å². The molecule has 0 unspecified atom stereocenters. The summed E-state index contributed by atoms with van der Waals surface area (Å²) in [7, 11) is -1.67. The van der Waals surface area contributed by atoms with E-state index in [-0.39, 0.29) is 64.0 Å². The van der Waals surface area contributed by atoms with Crippen LogP contribution in [0, 0.1) is 5.92 Å². The van der Waals surface area contributed by atoms with Gasteiger partial charge in [-0.25, -0.2) is 8.42 Å². The van der Waals surface area contributed by atoms with E-state index in [1.807, 2.05) is 0 Å². The Morgan fingerprint density at radius 3 is 2.50 bits per heavy atom. The van der Waals surface area contributed by atoms with Crippen molar-refractivity contribution in [1.29, 1.82) is 0 Å². The van der Waals surface area contributed by atoms with Crippen LogP contribution in [0.15, 0.2) is 12.3 Å². The molecule has 1 amide bonds. The summed E-state index contributed by atoms with van der Waals surface area (Å²) in [6, 6.07) is 1.12. The fraction of sp³-hybridized carbons (Fsp3) is 0.609. The molecule has 0 bridgehead atoms. The van der Waals surface area contributed by atoms with Gasteiger partial charge in [-0.15, -0.1) is 0 Å². The fourth-order valence-corrected chi connectivity index (χ4v) is 5.95. The Bertz CT molecular complexity index is 1250. The highest BCUT2D eigenvalue weighted by Gasteiger charge is 2.30. The van der Waals surface area contributed by atoms with Crippen molar-refractivity contribution in [1.82, 2.24) is 20.1 Å². The van der Waals surface area contributed by atoms with Crippen molar-refractivity contribution in [3.8, 4) is 17.0 Å². The highest BCUT2D eigenvalue weighted by molar-refractivity contribution is 7.91. The van der Waals surface area contributed by atoms with Gasteiger partial charge in [0.2, 0.25) is 0 Å². The van der Waals surface area contributed by atoms with Crippen LogP contribution in [0.2, 0.25) is 5.02 Å². The van der Waals surface area contributed by atoms with Gasteiger partial charge in [0.15, 0.2) is 5.69 Å². The largest absolute Gasteiger partial charge is 0.434 e. The van der Waals surface area contributed by atoms with Gasteiger partial charge in [0.25, 0.3) is 5.91 Å². The lowest BCUT2D eigenvalue weighted by molar-refractivity contribution is -0.135. The van der Waals surface area contributed by atoms with Gasteiger partial charge in [-0.05, 0) is 44.4 Å². The molecule has 212 valence electrons. The summed E-state index contributed by atoms with van der Waals surface area (Å²) in [5.41, 5.74) is 0.0141. The number of pyridine rings is 1. The van der Waals surface area contributed by atoms with Gasteiger partial charge in [-0.2, -0.15) is 27.1 Å². The van der Waals surface area contributed by atoms with Gasteiger partial charge in [0, 0.05) is 44.2 Å². The van der Waals surface area contributed by atoms with Crippen LogP contribution in [-0.4, -0.2) is 59.9 Å². The summed E-state index contributed by atoms with van der Waals surface area (Å²) < 4.78 is 92.8. The first kappa shape index (κ1) is 30.1. The van der Waals surface area contributed by atoms with Crippen molar-refractivity contribution >= 4 is 27.3 Å². The van der Waals surface area contributed by atoms with Gasteiger partial charge in [-0.1, -0.05) is 11.6 Å². The van der Waals surface area contributed by atoms with E-state index in [0.29, 0.717) is 25.7 Å². The molecule has 2 heterocycles. The van der Waals surface area contributed by atoms with Crippen LogP contribution in [-0.2, 0) is 23.3 Å². The number of rotatable bonds is 10. The topological polar surface area (TPSA) is 103 Å². The van der Waals surface area contributed by atoms with Crippen LogP contribution in [0.25, 0.3) is 11.3 Å². The van der Waals surface area contributed by atoms with Crippen molar-refractivity contribution in [2.24, 2.45) is 13.0 Å². The Morgan fingerprint density at radius 1 is 1.26 bits per heavy atom. The molecule has 3 rings (SSSR count). The molecule has 15 heteroatoms. The van der Waals surface area contributed by atoms with Gasteiger partial charge in [-0.3, -0.25) is 14.5 Å². The molecule has 1 fully saturated rings. The third-order valence-electron chi connectivity index (χ3n) is 6.44. The van der Waals surface area contributed by atoms with Crippen molar-refractivity contribution in [3.05, 3.63) is 28.7 Å². The zero-order valence-corrected chi connectivity index (χ0v) is 22.3. The van der Waals surface area contributed by atoms with E-state index in [1.165, 1.54) is 18.0 Å². The molecule has 0 aliphatic heterocycles. The Balaban J connectivity index is 1.75. The van der Waals surface area contributed by atoms with Crippen LogP contribution >= 0.6 is 11.6 Å². The summed E-state index contributed by atoms with van der Waals surface area (Å²) in [4.78, 5) is 16.9. The third kappa shape index (κ3) is 8.01. The zero-order valence-electron chi connectivity index (χ0n) is 20.7. The molecule has 2 aromatic heterocycles. The van der Waals surface area contributed by atoms with E-state index in [4.69, 9.17) is 11.6 Å². The van der Waals surface area contributed by atoms with Gasteiger partial charge < -0.3 is 10.1 Å². The first-order valence-electron chi connectivity index (χ1n) is 11.9. The number of nitrogens with one attached hydrogen (secondary N) is 1. The molecule has 0 saturated heterocycles. The number of amides is 1. The number of alkyl halides is 5. The van der Waals surface area contributed by atoms with Crippen LogP contribution in [0.1, 0.15) is 54.7 Å². The molecule has 0 radical (unpaired) electrons. The average molecular weight is 587 g/mol. The monoisotopic (exact) mass is 586 g/mol. The van der Waals surface area contributed by atoms with Crippen molar-refractivity contribution < 1.29 is 39.9 Å². The van der Waals surface area contributed by atoms with Gasteiger partial charge in [0.1, 0.15) is 15.6 Å². The van der Waals surface area contributed by atoms with E-state index in [0.717, 1.165) is 12.3 Å². The molecule has 38 heavy (non-hydrogen) atoms. The Labute approximate surface area is 221 Å². The number of carbonyl (C=O) groups excluding carboxylic acids is 1. The summed E-state index contributed by atoms with van der Waals surface area (Å²) in [6.07, 6.45) is -1.14. The second-order valence-corrected chi connectivity index (χ2v) is 12.0. The smallest absolute Gasteiger partial charge is 0.389 e. The molecule has 0 atom stereocenters. The lowest BCUT2D eigenvalue weighted by Gasteiger charge is -2.27. The number of ether oxygens (including phenoxy) is 1. The van der Waals surface area contributed by atoms with Crippen molar-refractivity contribution in [3.63, 3.8) is 0 Å². The molecule has 1 aliphatic carbocycles. The summed E-state index contributed by atoms with van der Waals surface area (Å²) >= 11 is 6.43. The fourth-order valence-electron chi connectivity index (χ4n) is 4.48. The molecule has 1 saturated carbocycles. The van der Waals surface area contributed by atoms with E-state index in [1.54, 1.807) is 0 Å². The van der Waals surface area contributed by atoms with Crippen LogP contribution in [0.4, 0.5) is 22.0 Å². The Kier molecular flexibility index (Phi) is 9.61. The van der Waals surface area contributed by atoms with Crippen LogP contribution in [0.5, 0.6) is 5.75 Å². The maximum Gasteiger partial charge on any atom is 0.389 e. The van der Waals surface area contributed by atoms with Crippen LogP contribution < -0.4 is 10.1 Å². The van der Waals surface area contributed by atoms with E-state index >= 15 is 0 Å². The highest BCUT2D eigenvalue weighted by Crippen LogP contribution is 2.37. The first-order chi connectivity index (χ1) is 17.7. The second kappa shape index (κ2) is 12.1. The van der Waals surface area contributed by atoms with E-state index in [2.05, 4.69) is 20.1 Å². The number of aromatic nitrogens is 3. The molecule has 0 aromatic carbocycles. The lowest BCUT2D eigenvalue weighted by Crippen LogP contribution is -2.34. The minimum absolute atomic E-state index is 0.0111. The second-order valence-electron chi connectivity index (χ2n) is 9.34. The molecule has 1 aliphatic rings. The number of aryl methyl sites for hydroxylation is 2. The lowest BCUT2D eigenvalue weighted by atomic mass is 9.89. The van der Waals surface area contributed by atoms with E-state index in [9.17, 15) is 35.2 Å². The number of nitrogens with zero attached hydrogens (tertiary/aromatic N) is 3. The summed E-state index contributed by atoms with van der Waals surface area (Å²) in [5, 5.41) is 6.33. The third-order valence-corrected chi connectivity index (χ3v) is 8.48. The zero-order chi connectivity index (χ0) is 28.3. The Hall–Kier alpha value is -2.48. The number of halogens is 6. The number of sulfone groups is 1. The van der Waals surface area contributed by atoms with E-state index < -0.39 is 35.0 Å². The predicted molar refractivity (Wildman–Crippen MR) is 130 cm³/mol. The number of hydrogen-bond acceptors (Lipinski definition) is 6. The first-order valence-corrected chi connectivity index (χ1v) is 14.2. The molecule has 8 nitrogen and oxygen atoms in total. The minimum atomic E-state index is -4.35. The Morgan fingerprint density at radius 2 is 1.92 bits per heavy atom. The standard InChI is InChI=1S/C23H28ClF5N4O4S/c1-33-20(16-12-30-14(4-3-9-23(27,28)29)10-17(16)37-22(25)26)18(24)19(32-33)21(34)31-11-13-5-7-15(8-6-13)38(2,35)36/h10,12-13,15,22H,3-9,11H2,1-2H3,(H,31,34). The maximum atomic E-state index is 13.1. The highest BCUT2D eigenvalue weighted by atomic mass is 35.5. The molecule has 0 spiro atoms. The van der Waals surface area contributed by atoms with Crippen molar-refractivity contribution in [2.75, 3.05) is 12.8 Å². The minimum Gasteiger partial charge on any atom is -0.434 e.